The molecule has 1 N–H and O–H groups in total. The van der Waals surface area contributed by atoms with E-state index in [1.165, 1.54) is 0 Å². The van der Waals surface area contributed by atoms with Crippen molar-refractivity contribution in [1.29, 1.82) is 4.78 Å². The quantitative estimate of drug-likeness (QED) is 0.704. The third kappa shape index (κ3) is 4.40. The van der Waals surface area contributed by atoms with Gasteiger partial charge in [-0.15, -0.1) is 0 Å². The van der Waals surface area contributed by atoms with Crippen LogP contribution in [0, 0.1) is 10.7 Å². The molecule has 0 heterocycles. The maximum Gasteiger partial charge on any atom is 0.0465 e. The molecule has 0 fully saturated rings. The molecule has 0 aromatic carbocycles. The van der Waals surface area contributed by atoms with E-state index in [1.54, 1.807) is 0 Å². The Hall–Kier alpha value is -0.0500. The molecule has 11 heavy (non-hydrogen) atoms. The van der Waals surface area contributed by atoms with Gasteiger partial charge in [-0.25, -0.2) is 4.21 Å². The Morgan fingerprint density at radius 2 is 1.73 bits per heavy atom. The monoisotopic (exact) mass is 177 g/mol. The maximum atomic E-state index is 11.5. The van der Waals surface area contributed by atoms with Crippen molar-refractivity contribution < 1.29 is 4.21 Å². The highest BCUT2D eigenvalue weighted by atomic mass is 32.2. The van der Waals surface area contributed by atoms with Crippen LogP contribution in [-0.4, -0.2) is 15.2 Å². The fourth-order valence-electron chi connectivity index (χ4n) is 0.646. The standard InChI is InChI=1S/C8H19NOS/c1-7(2)5-6-11(9,10)8(3)4/h7-9H,5-6H2,1-4H3/t11-/m0/s1. The summed E-state index contributed by atoms with van der Waals surface area (Å²) in [5, 5.41) is 0.00116. The molecule has 0 unspecified atom stereocenters. The van der Waals surface area contributed by atoms with Crippen molar-refractivity contribution >= 4 is 9.73 Å². The molecule has 3 heteroatoms. The topological polar surface area (TPSA) is 40.9 Å². The summed E-state index contributed by atoms with van der Waals surface area (Å²) in [4.78, 5) is 0. The van der Waals surface area contributed by atoms with Gasteiger partial charge >= 0.3 is 0 Å². The van der Waals surface area contributed by atoms with Crippen molar-refractivity contribution in [3.8, 4) is 0 Å². The molecular weight excluding hydrogens is 158 g/mol. The summed E-state index contributed by atoms with van der Waals surface area (Å²) in [6.07, 6.45) is 0.903. The summed E-state index contributed by atoms with van der Waals surface area (Å²) >= 11 is 0. The van der Waals surface area contributed by atoms with E-state index in [4.69, 9.17) is 4.78 Å². The summed E-state index contributed by atoms with van der Waals surface area (Å²) in [7, 11) is -2.29. The third-order valence-corrected chi connectivity index (χ3v) is 4.13. The highest BCUT2D eigenvalue weighted by Gasteiger charge is 2.11. The van der Waals surface area contributed by atoms with Gasteiger partial charge in [0.05, 0.1) is 0 Å². The van der Waals surface area contributed by atoms with E-state index in [0.717, 1.165) is 6.42 Å². The molecule has 0 radical (unpaired) electrons. The van der Waals surface area contributed by atoms with Crippen LogP contribution in [0.3, 0.4) is 0 Å². The molecule has 2 nitrogen and oxygen atoms in total. The zero-order valence-corrected chi connectivity index (χ0v) is 8.70. The van der Waals surface area contributed by atoms with E-state index < -0.39 is 9.73 Å². The lowest BCUT2D eigenvalue weighted by Crippen LogP contribution is -2.17. The van der Waals surface area contributed by atoms with E-state index in [2.05, 4.69) is 13.8 Å². The Kier molecular flexibility index (Phi) is 4.08. The van der Waals surface area contributed by atoms with Crippen LogP contribution in [0.4, 0.5) is 0 Å². The molecule has 0 aromatic heterocycles. The van der Waals surface area contributed by atoms with Crippen LogP contribution in [0.5, 0.6) is 0 Å². The molecule has 0 rings (SSSR count). The summed E-state index contributed by atoms with van der Waals surface area (Å²) < 4.78 is 19.0. The highest BCUT2D eigenvalue weighted by molar-refractivity contribution is 7.92. The van der Waals surface area contributed by atoms with E-state index in [-0.39, 0.29) is 5.25 Å². The Balaban J connectivity index is 3.95. The predicted molar refractivity (Wildman–Crippen MR) is 50.3 cm³/mol. The molecule has 0 aliphatic rings. The number of hydrogen-bond acceptors (Lipinski definition) is 2. The van der Waals surface area contributed by atoms with Gasteiger partial charge in [0.2, 0.25) is 0 Å². The van der Waals surface area contributed by atoms with Crippen LogP contribution in [0.2, 0.25) is 0 Å². The molecule has 0 aliphatic carbocycles. The van der Waals surface area contributed by atoms with Crippen LogP contribution in [0.15, 0.2) is 0 Å². The lowest BCUT2D eigenvalue weighted by Gasteiger charge is -2.11. The van der Waals surface area contributed by atoms with Gasteiger partial charge < -0.3 is 0 Å². The van der Waals surface area contributed by atoms with Crippen LogP contribution < -0.4 is 0 Å². The zero-order valence-electron chi connectivity index (χ0n) is 7.89. The lowest BCUT2D eigenvalue weighted by atomic mass is 10.2. The zero-order chi connectivity index (χ0) is 9.07. The molecular formula is C8H19NOS. The predicted octanol–water partition coefficient (Wildman–Crippen LogP) is 2.49. The molecule has 0 amide bonds. The van der Waals surface area contributed by atoms with Crippen LogP contribution in [0.1, 0.15) is 34.1 Å². The normalized spacial score (nSPS) is 17.3. The van der Waals surface area contributed by atoms with Gasteiger partial charge in [-0.2, -0.15) is 0 Å². The first kappa shape index (κ1) is 11.0. The average Bonchev–Trinajstić information content (AvgIpc) is 1.84. The minimum Gasteiger partial charge on any atom is -0.253 e. The number of rotatable bonds is 4. The number of hydrogen-bond donors (Lipinski definition) is 1. The van der Waals surface area contributed by atoms with Gasteiger partial charge in [0.1, 0.15) is 0 Å². The smallest absolute Gasteiger partial charge is 0.0465 e. The summed E-state index contributed by atoms with van der Waals surface area (Å²) in [5.41, 5.74) is 0. The molecule has 0 aromatic rings. The van der Waals surface area contributed by atoms with Crippen LogP contribution >= 0.6 is 0 Å². The fourth-order valence-corrected chi connectivity index (χ4v) is 1.94. The molecule has 0 saturated heterocycles. The van der Waals surface area contributed by atoms with Crippen molar-refractivity contribution in [2.24, 2.45) is 5.92 Å². The van der Waals surface area contributed by atoms with Crippen molar-refractivity contribution in [1.82, 2.24) is 0 Å². The molecule has 0 saturated carbocycles. The summed E-state index contributed by atoms with van der Waals surface area (Å²) in [5.74, 6) is 1.11. The van der Waals surface area contributed by atoms with Crippen molar-refractivity contribution in [3.63, 3.8) is 0 Å². The largest absolute Gasteiger partial charge is 0.253 e. The maximum absolute atomic E-state index is 11.5. The van der Waals surface area contributed by atoms with Gasteiger partial charge in [0.15, 0.2) is 0 Å². The average molecular weight is 177 g/mol. The van der Waals surface area contributed by atoms with E-state index in [1.807, 2.05) is 13.8 Å². The fraction of sp³-hybridized carbons (Fsp3) is 1.00. The third-order valence-electron chi connectivity index (χ3n) is 1.76. The number of nitrogens with one attached hydrogen (secondary N) is 1. The Morgan fingerprint density at radius 3 is 2.00 bits per heavy atom. The van der Waals surface area contributed by atoms with Gasteiger partial charge in [0, 0.05) is 20.7 Å². The highest BCUT2D eigenvalue weighted by Crippen LogP contribution is 2.08. The Labute approximate surface area is 70.4 Å². The first-order valence-corrected chi connectivity index (χ1v) is 5.90. The van der Waals surface area contributed by atoms with E-state index in [0.29, 0.717) is 11.7 Å². The molecule has 68 valence electrons. The van der Waals surface area contributed by atoms with Crippen molar-refractivity contribution in [3.05, 3.63) is 0 Å². The molecule has 0 bridgehead atoms. The van der Waals surface area contributed by atoms with Crippen molar-refractivity contribution in [2.45, 2.75) is 39.4 Å². The van der Waals surface area contributed by atoms with Gasteiger partial charge in [-0.05, 0) is 12.3 Å². The van der Waals surface area contributed by atoms with Crippen LogP contribution in [0.25, 0.3) is 0 Å². The van der Waals surface area contributed by atoms with Crippen molar-refractivity contribution in [2.75, 3.05) is 5.75 Å². The second-order valence-corrected chi connectivity index (χ2v) is 6.47. The second-order valence-electron chi connectivity index (χ2n) is 3.66. The molecule has 0 spiro atoms. The lowest BCUT2D eigenvalue weighted by molar-refractivity contribution is 0.612. The summed E-state index contributed by atoms with van der Waals surface area (Å²) in [6, 6.07) is 0. The first-order chi connectivity index (χ1) is 4.86. The minimum atomic E-state index is -2.29. The van der Waals surface area contributed by atoms with Gasteiger partial charge in [-0.1, -0.05) is 27.7 Å². The van der Waals surface area contributed by atoms with Crippen LogP contribution in [-0.2, 0) is 9.73 Å². The minimum absolute atomic E-state index is 0.00116. The van der Waals surface area contributed by atoms with Gasteiger partial charge in [-0.3, -0.25) is 4.78 Å². The van der Waals surface area contributed by atoms with E-state index >= 15 is 0 Å². The second kappa shape index (κ2) is 4.10. The Morgan fingerprint density at radius 1 is 1.27 bits per heavy atom. The Bertz CT molecular complexity index is 192. The first-order valence-electron chi connectivity index (χ1n) is 4.11. The molecule has 0 aliphatic heterocycles. The summed E-state index contributed by atoms with van der Waals surface area (Å²) in [6.45, 7) is 7.90. The SMILES string of the molecule is CC(C)CC[S@](=N)(=O)C(C)C. The van der Waals surface area contributed by atoms with Gasteiger partial charge in [0.25, 0.3) is 0 Å². The van der Waals surface area contributed by atoms with E-state index in [9.17, 15) is 4.21 Å². The molecule has 1 atom stereocenters.